The fraction of sp³-hybridized carbons (Fsp3) is 0.682. The third-order valence-electron chi connectivity index (χ3n) is 4.99. The highest BCUT2D eigenvalue weighted by Gasteiger charge is 2.23. The van der Waals surface area contributed by atoms with Crippen molar-refractivity contribution in [2.45, 2.75) is 46.3 Å². The summed E-state index contributed by atoms with van der Waals surface area (Å²) in [5, 5.41) is 6.93. The molecule has 1 fully saturated rings. The second-order valence-corrected chi connectivity index (χ2v) is 7.90. The van der Waals surface area contributed by atoms with E-state index < -0.39 is 0 Å². The van der Waals surface area contributed by atoms with E-state index in [9.17, 15) is 0 Å². The quantitative estimate of drug-likeness (QED) is 0.299. The lowest BCUT2D eigenvalue weighted by Gasteiger charge is -2.37. The van der Waals surface area contributed by atoms with Crippen LogP contribution in [0, 0.1) is 5.92 Å². The number of morpholine rings is 1. The summed E-state index contributed by atoms with van der Waals surface area (Å²) in [4.78, 5) is 6.90. The van der Waals surface area contributed by atoms with E-state index in [1.54, 1.807) is 0 Å². The molecule has 0 spiro atoms. The summed E-state index contributed by atoms with van der Waals surface area (Å²) >= 11 is 0. The molecule has 1 aromatic carbocycles. The Balaban J connectivity index is 0.00000420. The molecule has 2 N–H and O–H groups in total. The van der Waals surface area contributed by atoms with Crippen LogP contribution in [0.2, 0.25) is 0 Å². The van der Waals surface area contributed by atoms with Gasteiger partial charge in [-0.05, 0) is 43.9 Å². The molecule has 1 heterocycles. The van der Waals surface area contributed by atoms with Crippen molar-refractivity contribution in [2.24, 2.45) is 10.9 Å². The highest BCUT2D eigenvalue weighted by Crippen LogP contribution is 2.14. The van der Waals surface area contributed by atoms with E-state index in [2.05, 4.69) is 46.5 Å². The first kappa shape index (κ1) is 26.0. The topological polar surface area (TPSA) is 58.1 Å². The van der Waals surface area contributed by atoms with E-state index in [0.29, 0.717) is 12.0 Å². The monoisotopic (exact) mass is 518 g/mol. The maximum Gasteiger partial charge on any atom is 0.191 e. The molecule has 0 aliphatic carbocycles. The number of hydrogen-bond acceptors (Lipinski definition) is 4. The molecule has 1 saturated heterocycles. The van der Waals surface area contributed by atoms with Gasteiger partial charge in [0.2, 0.25) is 0 Å². The van der Waals surface area contributed by atoms with Gasteiger partial charge in [0, 0.05) is 39.3 Å². The van der Waals surface area contributed by atoms with Crippen LogP contribution in [0.3, 0.4) is 0 Å². The summed E-state index contributed by atoms with van der Waals surface area (Å²) in [7, 11) is 1.83. The minimum Gasteiger partial charge on any atom is -0.491 e. The number of nitrogens with one attached hydrogen (secondary N) is 2. The Morgan fingerprint density at radius 3 is 2.31 bits per heavy atom. The molecule has 166 valence electrons. The smallest absolute Gasteiger partial charge is 0.191 e. The average molecular weight is 518 g/mol. The van der Waals surface area contributed by atoms with Gasteiger partial charge >= 0.3 is 0 Å². The van der Waals surface area contributed by atoms with Crippen LogP contribution in [0.15, 0.2) is 29.3 Å². The van der Waals surface area contributed by atoms with E-state index in [1.807, 2.05) is 33.0 Å². The van der Waals surface area contributed by atoms with Gasteiger partial charge in [0.15, 0.2) is 5.96 Å². The van der Waals surface area contributed by atoms with E-state index in [0.717, 1.165) is 57.5 Å². The van der Waals surface area contributed by atoms with Crippen LogP contribution in [-0.4, -0.2) is 69.4 Å². The first-order valence-corrected chi connectivity index (χ1v) is 10.5. The molecule has 1 aliphatic rings. The standard InChI is InChI=1S/C22H38N4O2.HI/c1-17(2)21(26-12-14-27-15-13-26)16-25-22(23-5)24-11-10-19-6-8-20(9-7-19)28-18(3)4;/h6-9,17-18,21H,10-16H2,1-5H3,(H2,23,24,25);1H. The van der Waals surface area contributed by atoms with Crippen molar-refractivity contribution in [1.82, 2.24) is 15.5 Å². The zero-order valence-corrected chi connectivity index (χ0v) is 20.9. The fourth-order valence-electron chi connectivity index (χ4n) is 3.45. The molecule has 2 rings (SSSR count). The third-order valence-corrected chi connectivity index (χ3v) is 4.99. The Hall–Kier alpha value is -1.06. The molecule has 29 heavy (non-hydrogen) atoms. The number of ether oxygens (including phenoxy) is 2. The Bertz CT molecular complexity index is 587. The number of aliphatic imine (C=N–C) groups is 1. The van der Waals surface area contributed by atoms with Crippen LogP contribution in [0.4, 0.5) is 0 Å². The van der Waals surface area contributed by atoms with Gasteiger partial charge in [0.25, 0.3) is 0 Å². The molecule has 1 atom stereocenters. The summed E-state index contributed by atoms with van der Waals surface area (Å²) < 4.78 is 11.2. The first-order valence-electron chi connectivity index (χ1n) is 10.5. The van der Waals surface area contributed by atoms with Crippen LogP contribution in [0.5, 0.6) is 5.75 Å². The van der Waals surface area contributed by atoms with Crippen molar-refractivity contribution in [3.8, 4) is 5.75 Å². The molecule has 7 heteroatoms. The number of rotatable bonds is 9. The SMILES string of the molecule is CN=C(NCCc1ccc(OC(C)C)cc1)NCC(C(C)C)N1CCOCC1.I. The maximum atomic E-state index is 5.70. The van der Waals surface area contributed by atoms with Gasteiger partial charge in [0.1, 0.15) is 5.75 Å². The largest absolute Gasteiger partial charge is 0.491 e. The predicted octanol–water partition coefficient (Wildman–Crippen LogP) is 3.16. The van der Waals surface area contributed by atoms with Crippen molar-refractivity contribution in [2.75, 3.05) is 46.4 Å². The van der Waals surface area contributed by atoms with Crippen molar-refractivity contribution in [3.05, 3.63) is 29.8 Å². The number of hydrogen-bond donors (Lipinski definition) is 2. The molecule has 0 amide bonds. The zero-order valence-electron chi connectivity index (χ0n) is 18.6. The van der Waals surface area contributed by atoms with E-state index >= 15 is 0 Å². The molecule has 1 aliphatic heterocycles. The lowest BCUT2D eigenvalue weighted by Crippen LogP contribution is -2.52. The number of nitrogens with zero attached hydrogens (tertiary/aromatic N) is 2. The Morgan fingerprint density at radius 1 is 1.10 bits per heavy atom. The van der Waals surface area contributed by atoms with Crippen molar-refractivity contribution >= 4 is 29.9 Å². The normalized spacial score (nSPS) is 16.4. The minimum atomic E-state index is 0. The van der Waals surface area contributed by atoms with E-state index in [4.69, 9.17) is 9.47 Å². The molecular formula is C22H39IN4O2. The highest BCUT2D eigenvalue weighted by atomic mass is 127. The number of halogens is 1. The van der Waals surface area contributed by atoms with Gasteiger partial charge in [-0.1, -0.05) is 26.0 Å². The van der Waals surface area contributed by atoms with Gasteiger partial charge in [-0.25, -0.2) is 0 Å². The third kappa shape index (κ3) is 9.53. The Kier molecular flexibility index (Phi) is 12.6. The van der Waals surface area contributed by atoms with Crippen LogP contribution in [0.1, 0.15) is 33.3 Å². The minimum absolute atomic E-state index is 0. The summed E-state index contributed by atoms with van der Waals surface area (Å²) in [6, 6.07) is 8.82. The zero-order chi connectivity index (χ0) is 20.4. The van der Waals surface area contributed by atoms with Gasteiger partial charge < -0.3 is 20.1 Å². The van der Waals surface area contributed by atoms with E-state index in [-0.39, 0.29) is 30.1 Å². The molecular weight excluding hydrogens is 479 g/mol. The highest BCUT2D eigenvalue weighted by molar-refractivity contribution is 14.0. The number of benzene rings is 1. The van der Waals surface area contributed by atoms with Gasteiger partial charge in [0.05, 0.1) is 19.3 Å². The van der Waals surface area contributed by atoms with Gasteiger partial charge in [-0.2, -0.15) is 0 Å². The van der Waals surface area contributed by atoms with Crippen molar-refractivity contribution in [1.29, 1.82) is 0 Å². The molecule has 0 saturated carbocycles. The van der Waals surface area contributed by atoms with E-state index in [1.165, 1.54) is 5.56 Å². The fourth-order valence-corrected chi connectivity index (χ4v) is 3.45. The lowest BCUT2D eigenvalue weighted by molar-refractivity contribution is 0.00752. The van der Waals surface area contributed by atoms with Crippen molar-refractivity contribution < 1.29 is 9.47 Å². The lowest BCUT2D eigenvalue weighted by atomic mass is 10.0. The maximum absolute atomic E-state index is 5.70. The first-order chi connectivity index (χ1) is 13.5. The second kappa shape index (κ2) is 14.0. The molecule has 1 aromatic rings. The Labute approximate surface area is 193 Å². The van der Waals surface area contributed by atoms with Gasteiger partial charge in [-0.3, -0.25) is 9.89 Å². The van der Waals surface area contributed by atoms with Gasteiger partial charge in [-0.15, -0.1) is 24.0 Å². The second-order valence-electron chi connectivity index (χ2n) is 7.90. The number of guanidine groups is 1. The average Bonchev–Trinajstić information content (AvgIpc) is 2.68. The van der Waals surface area contributed by atoms with Crippen LogP contribution in [-0.2, 0) is 11.2 Å². The molecule has 6 nitrogen and oxygen atoms in total. The molecule has 0 radical (unpaired) electrons. The van der Waals surface area contributed by atoms with Crippen LogP contribution >= 0.6 is 24.0 Å². The predicted molar refractivity (Wildman–Crippen MR) is 132 cm³/mol. The molecule has 0 aromatic heterocycles. The van der Waals surface area contributed by atoms with Crippen LogP contribution in [0.25, 0.3) is 0 Å². The summed E-state index contributed by atoms with van der Waals surface area (Å²) in [5.41, 5.74) is 1.28. The molecule has 0 bridgehead atoms. The summed E-state index contributed by atoms with van der Waals surface area (Å²) in [6.07, 6.45) is 1.15. The van der Waals surface area contributed by atoms with Crippen LogP contribution < -0.4 is 15.4 Å². The summed E-state index contributed by atoms with van der Waals surface area (Å²) in [5.74, 6) is 2.36. The summed E-state index contributed by atoms with van der Waals surface area (Å²) in [6.45, 7) is 14.1. The van der Waals surface area contributed by atoms with Crippen molar-refractivity contribution in [3.63, 3.8) is 0 Å². The molecule has 1 unspecified atom stereocenters. The Morgan fingerprint density at radius 2 is 1.76 bits per heavy atom.